The van der Waals surface area contributed by atoms with Gasteiger partial charge >= 0.3 is 0 Å². The molecule has 1 aromatic rings. The highest BCUT2D eigenvalue weighted by Gasteiger charge is 2.25. The molecule has 3 nitrogen and oxygen atoms in total. The van der Waals surface area contributed by atoms with Crippen molar-refractivity contribution in [1.29, 1.82) is 0 Å². The second-order valence-corrected chi connectivity index (χ2v) is 5.26. The minimum Gasteiger partial charge on any atom is -0.329 e. The van der Waals surface area contributed by atoms with Crippen molar-refractivity contribution < 1.29 is 0 Å². The predicted molar refractivity (Wildman–Crippen MR) is 64.7 cm³/mol. The predicted octanol–water partition coefficient (Wildman–Crippen LogP) is 2.25. The molecule has 0 saturated carbocycles. The summed E-state index contributed by atoms with van der Waals surface area (Å²) in [5.41, 5.74) is 1.46. The standard InChI is InChI=1S/C13H21N3/c1-10-4-2-6-12-9-15-13(16(10)12)11-5-3-7-14-8-11/h9-11,14H,2-8H2,1H3. The molecule has 0 amide bonds. The number of aryl methyl sites for hydroxylation is 1. The Balaban J connectivity index is 1.91. The van der Waals surface area contributed by atoms with E-state index in [0.717, 1.165) is 6.54 Å². The topological polar surface area (TPSA) is 29.9 Å². The van der Waals surface area contributed by atoms with E-state index in [4.69, 9.17) is 4.98 Å². The number of hydrogen-bond acceptors (Lipinski definition) is 2. The zero-order valence-corrected chi connectivity index (χ0v) is 10.1. The van der Waals surface area contributed by atoms with Gasteiger partial charge in [-0.15, -0.1) is 0 Å². The quantitative estimate of drug-likeness (QED) is 0.785. The Morgan fingerprint density at radius 3 is 3.12 bits per heavy atom. The Labute approximate surface area is 97.3 Å². The van der Waals surface area contributed by atoms with Gasteiger partial charge in [-0.05, 0) is 45.6 Å². The lowest BCUT2D eigenvalue weighted by Crippen LogP contribution is -2.31. The number of nitrogens with zero attached hydrogens (tertiary/aromatic N) is 2. The molecule has 1 saturated heterocycles. The van der Waals surface area contributed by atoms with Crippen LogP contribution in [0.1, 0.15) is 56.1 Å². The molecule has 0 aliphatic carbocycles. The van der Waals surface area contributed by atoms with Crippen LogP contribution < -0.4 is 5.32 Å². The van der Waals surface area contributed by atoms with Crippen LogP contribution in [0.4, 0.5) is 0 Å². The number of hydrogen-bond donors (Lipinski definition) is 1. The molecule has 3 rings (SSSR count). The number of nitrogens with one attached hydrogen (secondary N) is 1. The van der Waals surface area contributed by atoms with E-state index in [2.05, 4.69) is 23.0 Å². The summed E-state index contributed by atoms with van der Waals surface area (Å²) < 4.78 is 2.52. The molecule has 2 unspecified atom stereocenters. The third-order valence-corrected chi connectivity index (χ3v) is 4.06. The maximum absolute atomic E-state index is 4.69. The van der Waals surface area contributed by atoms with Crippen LogP contribution in [-0.4, -0.2) is 22.6 Å². The lowest BCUT2D eigenvalue weighted by atomic mass is 9.97. The van der Waals surface area contributed by atoms with E-state index < -0.39 is 0 Å². The van der Waals surface area contributed by atoms with Crippen LogP contribution in [0.15, 0.2) is 6.20 Å². The van der Waals surface area contributed by atoms with Crippen molar-refractivity contribution in [2.24, 2.45) is 0 Å². The molecule has 2 aliphatic heterocycles. The maximum Gasteiger partial charge on any atom is 0.113 e. The highest BCUT2D eigenvalue weighted by atomic mass is 15.1. The average molecular weight is 219 g/mol. The molecule has 0 aromatic carbocycles. The fraction of sp³-hybridized carbons (Fsp3) is 0.769. The van der Waals surface area contributed by atoms with E-state index in [0.29, 0.717) is 12.0 Å². The first-order chi connectivity index (χ1) is 7.86. The molecule has 2 atom stereocenters. The Hall–Kier alpha value is -0.830. The van der Waals surface area contributed by atoms with Gasteiger partial charge in [0.1, 0.15) is 5.82 Å². The van der Waals surface area contributed by atoms with Crippen molar-refractivity contribution in [3.63, 3.8) is 0 Å². The normalized spacial score (nSPS) is 30.1. The largest absolute Gasteiger partial charge is 0.329 e. The Morgan fingerprint density at radius 2 is 2.31 bits per heavy atom. The Bertz CT molecular complexity index is 363. The van der Waals surface area contributed by atoms with E-state index in [9.17, 15) is 0 Å². The van der Waals surface area contributed by atoms with Crippen molar-refractivity contribution in [3.8, 4) is 0 Å². The van der Waals surface area contributed by atoms with Gasteiger partial charge in [-0.2, -0.15) is 0 Å². The molecular weight excluding hydrogens is 198 g/mol. The molecular formula is C13H21N3. The van der Waals surface area contributed by atoms with Crippen LogP contribution in [0.5, 0.6) is 0 Å². The highest BCUT2D eigenvalue weighted by Crippen LogP contribution is 2.31. The lowest BCUT2D eigenvalue weighted by molar-refractivity contribution is 0.379. The van der Waals surface area contributed by atoms with Crippen LogP contribution in [0, 0.1) is 0 Å². The first-order valence-electron chi connectivity index (χ1n) is 6.63. The highest BCUT2D eigenvalue weighted by molar-refractivity contribution is 5.14. The number of aromatic nitrogens is 2. The third kappa shape index (κ3) is 1.67. The van der Waals surface area contributed by atoms with E-state index in [-0.39, 0.29) is 0 Å². The first kappa shape index (κ1) is 10.3. The van der Waals surface area contributed by atoms with E-state index >= 15 is 0 Å². The molecule has 1 aromatic heterocycles. The number of piperidine rings is 1. The molecule has 0 radical (unpaired) electrons. The van der Waals surface area contributed by atoms with Gasteiger partial charge < -0.3 is 9.88 Å². The van der Waals surface area contributed by atoms with Crippen molar-refractivity contribution >= 4 is 0 Å². The fourth-order valence-corrected chi connectivity index (χ4v) is 3.19. The minimum absolute atomic E-state index is 0.642. The van der Waals surface area contributed by atoms with E-state index in [1.807, 2.05) is 0 Å². The monoisotopic (exact) mass is 219 g/mol. The van der Waals surface area contributed by atoms with Crippen molar-refractivity contribution in [1.82, 2.24) is 14.9 Å². The third-order valence-electron chi connectivity index (χ3n) is 4.06. The van der Waals surface area contributed by atoms with Gasteiger partial charge in [0.15, 0.2) is 0 Å². The molecule has 88 valence electrons. The molecule has 3 heteroatoms. The van der Waals surface area contributed by atoms with Gasteiger partial charge in [-0.1, -0.05) is 0 Å². The average Bonchev–Trinajstić information content (AvgIpc) is 2.75. The van der Waals surface area contributed by atoms with Crippen LogP contribution in [0.3, 0.4) is 0 Å². The summed E-state index contributed by atoms with van der Waals surface area (Å²) in [4.78, 5) is 4.69. The maximum atomic E-state index is 4.69. The van der Waals surface area contributed by atoms with Gasteiger partial charge in [0.05, 0.1) is 0 Å². The molecule has 0 bridgehead atoms. The summed E-state index contributed by atoms with van der Waals surface area (Å²) in [6, 6.07) is 0.656. The zero-order valence-electron chi connectivity index (χ0n) is 10.1. The van der Waals surface area contributed by atoms with Gasteiger partial charge in [-0.3, -0.25) is 0 Å². The van der Waals surface area contributed by atoms with Crippen LogP contribution in [0.25, 0.3) is 0 Å². The summed E-state index contributed by atoms with van der Waals surface area (Å²) in [5, 5.41) is 3.49. The Morgan fingerprint density at radius 1 is 1.38 bits per heavy atom. The molecule has 16 heavy (non-hydrogen) atoms. The smallest absolute Gasteiger partial charge is 0.113 e. The van der Waals surface area contributed by atoms with Crippen molar-refractivity contribution in [2.75, 3.05) is 13.1 Å². The van der Waals surface area contributed by atoms with E-state index in [1.54, 1.807) is 0 Å². The summed E-state index contributed by atoms with van der Waals surface area (Å²) in [7, 11) is 0. The number of rotatable bonds is 1. The second kappa shape index (κ2) is 4.21. The Kier molecular flexibility index (Phi) is 2.72. The molecule has 0 spiro atoms. The van der Waals surface area contributed by atoms with Gasteiger partial charge in [0, 0.05) is 30.4 Å². The van der Waals surface area contributed by atoms with E-state index in [1.165, 1.54) is 50.2 Å². The SMILES string of the molecule is CC1CCCc2cnc(C3CCCNC3)n21. The van der Waals surface area contributed by atoms with Gasteiger partial charge in [0.25, 0.3) is 0 Å². The van der Waals surface area contributed by atoms with Gasteiger partial charge in [-0.25, -0.2) is 4.98 Å². The van der Waals surface area contributed by atoms with Gasteiger partial charge in [0.2, 0.25) is 0 Å². The summed E-state index contributed by atoms with van der Waals surface area (Å²) in [6.45, 7) is 4.63. The molecule has 1 N–H and O–H groups in total. The second-order valence-electron chi connectivity index (χ2n) is 5.26. The van der Waals surface area contributed by atoms with Crippen molar-refractivity contribution in [2.45, 2.75) is 51.0 Å². The summed E-state index contributed by atoms with van der Waals surface area (Å²) >= 11 is 0. The molecule has 3 heterocycles. The molecule has 1 fully saturated rings. The first-order valence-corrected chi connectivity index (χ1v) is 6.63. The summed E-state index contributed by atoms with van der Waals surface area (Å²) in [5.74, 6) is 1.98. The fourth-order valence-electron chi connectivity index (χ4n) is 3.19. The summed E-state index contributed by atoms with van der Waals surface area (Å²) in [6.07, 6.45) is 8.57. The minimum atomic E-state index is 0.642. The van der Waals surface area contributed by atoms with Crippen LogP contribution in [-0.2, 0) is 6.42 Å². The zero-order chi connectivity index (χ0) is 11.0. The van der Waals surface area contributed by atoms with Crippen LogP contribution >= 0.6 is 0 Å². The molecule has 2 aliphatic rings. The van der Waals surface area contributed by atoms with Crippen LogP contribution in [0.2, 0.25) is 0 Å². The lowest BCUT2D eigenvalue weighted by Gasteiger charge is -2.29. The number of imidazole rings is 1. The number of fused-ring (bicyclic) bond motifs is 1. The van der Waals surface area contributed by atoms with Crippen molar-refractivity contribution in [3.05, 3.63) is 17.7 Å².